The Labute approximate surface area is 120 Å². The Balaban J connectivity index is 2.15. The van der Waals surface area contributed by atoms with Crippen molar-refractivity contribution in [3.63, 3.8) is 0 Å². The van der Waals surface area contributed by atoms with E-state index in [2.05, 4.69) is 10.6 Å². The zero-order valence-corrected chi connectivity index (χ0v) is 12.4. The molecule has 106 valence electrons. The van der Waals surface area contributed by atoms with Gasteiger partial charge in [-0.3, -0.25) is 0 Å². The first kappa shape index (κ1) is 15.7. The highest BCUT2D eigenvalue weighted by molar-refractivity contribution is 7.80. The lowest BCUT2D eigenvalue weighted by Crippen LogP contribution is -2.35. The summed E-state index contributed by atoms with van der Waals surface area (Å²) in [5, 5.41) is 6.99. The van der Waals surface area contributed by atoms with Crippen molar-refractivity contribution in [2.24, 2.45) is 0 Å². The van der Waals surface area contributed by atoms with Gasteiger partial charge in [0.05, 0.1) is 7.11 Å². The number of benzene rings is 1. The van der Waals surface area contributed by atoms with E-state index in [1.54, 1.807) is 7.11 Å². The first-order chi connectivity index (χ1) is 9.26. The van der Waals surface area contributed by atoms with E-state index in [0.29, 0.717) is 11.7 Å². The molecule has 0 bridgehead atoms. The highest BCUT2D eigenvalue weighted by Gasteiger charge is 1.97. The summed E-state index contributed by atoms with van der Waals surface area (Å²) in [7, 11) is 1.66. The van der Waals surface area contributed by atoms with Gasteiger partial charge in [-0.25, -0.2) is 0 Å². The van der Waals surface area contributed by atoms with Crippen molar-refractivity contribution in [3.05, 3.63) is 29.8 Å². The lowest BCUT2D eigenvalue weighted by Gasteiger charge is -2.10. The number of thiocarbonyl (C=S) groups is 1. The second-order valence-corrected chi connectivity index (χ2v) is 4.42. The molecule has 0 aromatic heterocycles. The zero-order chi connectivity index (χ0) is 13.9. The minimum absolute atomic E-state index is 0.673. The van der Waals surface area contributed by atoms with E-state index >= 15 is 0 Å². The molecular formula is C14H22N2O2S. The maximum absolute atomic E-state index is 5.25. The smallest absolute Gasteiger partial charge is 0.166 e. The summed E-state index contributed by atoms with van der Waals surface area (Å²) in [5.74, 6) is 0.861. The fourth-order valence-corrected chi connectivity index (χ4v) is 1.68. The normalized spacial score (nSPS) is 10.0. The molecule has 0 fully saturated rings. The van der Waals surface area contributed by atoms with Gasteiger partial charge < -0.3 is 20.1 Å². The van der Waals surface area contributed by atoms with E-state index in [9.17, 15) is 0 Å². The summed E-state index contributed by atoms with van der Waals surface area (Å²) >= 11 is 5.19. The van der Waals surface area contributed by atoms with E-state index in [-0.39, 0.29) is 0 Å². The van der Waals surface area contributed by atoms with Crippen molar-refractivity contribution in [2.45, 2.75) is 19.9 Å². The van der Waals surface area contributed by atoms with Gasteiger partial charge in [-0.2, -0.15) is 0 Å². The Morgan fingerprint density at radius 1 is 1.21 bits per heavy atom. The molecule has 0 saturated carbocycles. The van der Waals surface area contributed by atoms with Crippen LogP contribution in [0.2, 0.25) is 0 Å². The number of nitrogens with one attached hydrogen (secondary N) is 2. The number of methoxy groups -OCH3 is 1. The molecule has 0 unspecified atom stereocenters. The Morgan fingerprint density at radius 2 is 1.95 bits per heavy atom. The van der Waals surface area contributed by atoms with Gasteiger partial charge in [0.15, 0.2) is 5.11 Å². The highest BCUT2D eigenvalue weighted by atomic mass is 32.1. The Hall–Kier alpha value is -1.33. The highest BCUT2D eigenvalue weighted by Crippen LogP contribution is 2.10. The first-order valence-electron chi connectivity index (χ1n) is 6.48. The van der Waals surface area contributed by atoms with Crippen LogP contribution in [0, 0.1) is 0 Å². The molecule has 0 amide bonds. The third-order valence-electron chi connectivity index (χ3n) is 2.57. The molecule has 0 atom stereocenters. The van der Waals surface area contributed by atoms with Crippen LogP contribution in [0.1, 0.15) is 18.9 Å². The van der Waals surface area contributed by atoms with Crippen LogP contribution in [-0.4, -0.2) is 32.0 Å². The second-order valence-electron chi connectivity index (χ2n) is 4.01. The first-order valence-corrected chi connectivity index (χ1v) is 6.89. The minimum Gasteiger partial charge on any atom is -0.497 e. The molecule has 5 heteroatoms. The summed E-state index contributed by atoms with van der Waals surface area (Å²) < 4.78 is 10.4. The molecule has 4 nitrogen and oxygen atoms in total. The Bertz CT molecular complexity index is 368. The van der Waals surface area contributed by atoms with Crippen LogP contribution < -0.4 is 15.4 Å². The predicted octanol–water partition coefficient (Wildman–Crippen LogP) is 2.09. The van der Waals surface area contributed by atoms with Gasteiger partial charge in [-0.05, 0) is 43.3 Å². The topological polar surface area (TPSA) is 42.5 Å². The Kier molecular flexibility index (Phi) is 7.93. The van der Waals surface area contributed by atoms with Crippen molar-refractivity contribution in [3.8, 4) is 5.75 Å². The number of hydrogen-bond acceptors (Lipinski definition) is 3. The van der Waals surface area contributed by atoms with Crippen LogP contribution in [0.3, 0.4) is 0 Å². The summed E-state index contributed by atoms with van der Waals surface area (Å²) in [6, 6.07) is 7.91. The molecule has 1 aromatic rings. The molecule has 0 aliphatic carbocycles. The molecule has 1 rings (SSSR count). The second kappa shape index (κ2) is 9.58. The van der Waals surface area contributed by atoms with Gasteiger partial charge in [-0.15, -0.1) is 0 Å². The van der Waals surface area contributed by atoms with Gasteiger partial charge >= 0.3 is 0 Å². The molecule has 0 spiro atoms. The average molecular weight is 282 g/mol. The molecule has 0 aliphatic heterocycles. The van der Waals surface area contributed by atoms with Crippen LogP contribution in [0.5, 0.6) is 5.75 Å². The summed E-state index contributed by atoms with van der Waals surface area (Å²) in [6.07, 6.45) is 0.957. The number of ether oxygens (including phenoxy) is 2. The quantitative estimate of drug-likeness (QED) is 0.564. The van der Waals surface area contributed by atoms with Crippen LogP contribution in [-0.2, 0) is 11.3 Å². The number of hydrogen-bond donors (Lipinski definition) is 2. The largest absolute Gasteiger partial charge is 0.497 e. The lowest BCUT2D eigenvalue weighted by molar-refractivity contribution is 0.145. The van der Waals surface area contributed by atoms with E-state index in [1.165, 1.54) is 5.56 Å². The Morgan fingerprint density at radius 3 is 2.58 bits per heavy atom. The summed E-state index contributed by atoms with van der Waals surface area (Å²) in [5.41, 5.74) is 1.17. The monoisotopic (exact) mass is 282 g/mol. The van der Waals surface area contributed by atoms with Crippen molar-refractivity contribution in [1.29, 1.82) is 0 Å². The van der Waals surface area contributed by atoms with E-state index in [4.69, 9.17) is 21.7 Å². The van der Waals surface area contributed by atoms with E-state index in [1.807, 2.05) is 31.2 Å². The predicted molar refractivity (Wildman–Crippen MR) is 81.5 cm³/mol. The van der Waals surface area contributed by atoms with Crippen molar-refractivity contribution in [2.75, 3.05) is 26.9 Å². The zero-order valence-electron chi connectivity index (χ0n) is 11.6. The molecule has 0 saturated heterocycles. The van der Waals surface area contributed by atoms with Crippen molar-refractivity contribution in [1.82, 2.24) is 10.6 Å². The van der Waals surface area contributed by atoms with Gasteiger partial charge in [-0.1, -0.05) is 12.1 Å². The third kappa shape index (κ3) is 6.98. The van der Waals surface area contributed by atoms with Crippen LogP contribution in [0.15, 0.2) is 24.3 Å². The maximum atomic E-state index is 5.25. The summed E-state index contributed by atoms with van der Waals surface area (Å²) in [4.78, 5) is 0. The molecule has 0 aliphatic rings. The molecule has 19 heavy (non-hydrogen) atoms. The average Bonchev–Trinajstić information content (AvgIpc) is 2.45. The van der Waals surface area contributed by atoms with E-state index in [0.717, 1.165) is 31.9 Å². The fourth-order valence-electron chi connectivity index (χ4n) is 1.51. The van der Waals surface area contributed by atoms with Gasteiger partial charge in [0, 0.05) is 26.3 Å². The van der Waals surface area contributed by atoms with Gasteiger partial charge in [0.25, 0.3) is 0 Å². The fraction of sp³-hybridized carbons (Fsp3) is 0.500. The standard InChI is InChI=1S/C14H22N2O2S/c1-3-18-10-4-9-15-14(19)16-11-12-5-7-13(17-2)8-6-12/h5-8H,3-4,9-11H2,1-2H3,(H2,15,16,19). The molecular weight excluding hydrogens is 260 g/mol. The van der Waals surface area contributed by atoms with Crippen LogP contribution in [0.4, 0.5) is 0 Å². The lowest BCUT2D eigenvalue weighted by atomic mass is 10.2. The minimum atomic E-state index is 0.673. The molecule has 1 aromatic carbocycles. The number of rotatable bonds is 8. The summed E-state index contributed by atoms with van der Waals surface area (Å²) in [6.45, 7) is 5.06. The van der Waals surface area contributed by atoms with Crippen LogP contribution >= 0.6 is 12.2 Å². The van der Waals surface area contributed by atoms with E-state index < -0.39 is 0 Å². The molecule has 2 N–H and O–H groups in total. The maximum Gasteiger partial charge on any atom is 0.166 e. The molecule has 0 heterocycles. The van der Waals surface area contributed by atoms with Crippen molar-refractivity contribution >= 4 is 17.3 Å². The molecule has 0 radical (unpaired) electrons. The van der Waals surface area contributed by atoms with Crippen molar-refractivity contribution < 1.29 is 9.47 Å². The SMILES string of the molecule is CCOCCCNC(=S)NCc1ccc(OC)cc1. The third-order valence-corrected chi connectivity index (χ3v) is 2.86. The van der Waals surface area contributed by atoms with Crippen LogP contribution in [0.25, 0.3) is 0 Å². The van der Waals surface area contributed by atoms with Gasteiger partial charge in [0.2, 0.25) is 0 Å². The van der Waals surface area contributed by atoms with Gasteiger partial charge in [0.1, 0.15) is 5.75 Å².